The number of nitrogens with zero attached hydrogens (tertiary/aromatic N) is 3. The van der Waals surface area contributed by atoms with Crippen LogP contribution in [0, 0.1) is 6.92 Å². The Hall–Kier alpha value is -2.31. The number of carbonyl (C=O) groups is 1. The topological polar surface area (TPSA) is 72.1 Å². The summed E-state index contributed by atoms with van der Waals surface area (Å²) in [6.07, 6.45) is 5.23. The summed E-state index contributed by atoms with van der Waals surface area (Å²) in [7, 11) is 1.92. The first-order chi connectivity index (χ1) is 14.5. The van der Waals surface area contributed by atoms with Gasteiger partial charge < -0.3 is 10.6 Å². The van der Waals surface area contributed by atoms with E-state index in [0.29, 0.717) is 11.8 Å². The van der Waals surface area contributed by atoms with Crippen molar-refractivity contribution >= 4 is 27.5 Å². The Morgan fingerprint density at radius 3 is 2.67 bits per heavy atom. The molecule has 30 heavy (non-hydrogen) atoms. The molecule has 2 heterocycles. The van der Waals surface area contributed by atoms with Crippen LogP contribution in [0.5, 0.6) is 0 Å². The lowest BCUT2D eigenvalue weighted by Crippen LogP contribution is -2.43. The highest BCUT2D eigenvalue weighted by Crippen LogP contribution is 2.55. The van der Waals surface area contributed by atoms with Gasteiger partial charge >= 0.3 is 0 Å². The van der Waals surface area contributed by atoms with Gasteiger partial charge in [-0.3, -0.25) is 4.79 Å². The van der Waals surface area contributed by atoms with Crippen LogP contribution in [0.15, 0.2) is 35.7 Å². The lowest BCUT2D eigenvalue weighted by atomic mass is 9.90. The Morgan fingerprint density at radius 1 is 1.10 bits per heavy atom. The molecular weight excluding hydrogens is 392 g/mol. The Morgan fingerprint density at radius 2 is 1.90 bits per heavy atom. The van der Waals surface area contributed by atoms with Crippen LogP contribution in [0.1, 0.15) is 71.4 Å². The molecule has 4 atom stereocenters. The predicted octanol–water partition coefficient (Wildman–Crippen LogP) is 4.61. The highest BCUT2D eigenvalue weighted by Gasteiger charge is 2.42. The quantitative estimate of drug-likeness (QED) is 0.669. The monoisotopic (exact) mass is 420 g/mol. The standard InChI is InChI=1S/C24H28N4OS/c1-14-26-22(19-10-11-30-23(19)27-14)21-13-20(21)15-6-8-16(9-7-15)24(29)28(2)18-5-3-4-17(25)12-18/h6-11,17-18,20-21H,3-5,12-13,25H2,1-2H3/t17-,18-,20?,21?/m0/s1. The Kier molecular flexibility index (Phi) is 5.07. The van der Waals surface area contributed by atoms with Crippen molar-refractivity contribution in [1.29, 1.82) is 0 Å². The van der Waals surface area contributed by atoms with Crippen molar-refractivity contribution in [3.63, 3.8) is 0 Å². The average molecular weight is 421 g/mol. The average Bonchev–Trinajstić information content (AvgIpc) is 3.41. The molecule has 0 bridgehead atoms. The van der Waals surface area contributed by atoms with Gasteiger partial charge in [0, 0.05) is 36.0 Å². The van der Waals surface area contributed by atoms with Gasteiger partial charge in [-0.25, -0.2) is 9.97 Å². The van der Waals surface area contributed by atoms with Crippen LogP contribution < -0.4 is 5.73 Å². The third kappa shape index (κ3) is 3.63. The van der Waals surface area contributed by atoms with E-state index in [2.05, 4.69) is 28.6 Å². The van der Waals surface area contributed by atoms with Crippen molar-refractivity contribution in [2.45, 2.75) is 62.9 Å². The van der Waals surface area contributed by atoms with Crippen molar-refractivity contribution in [3.05, 3.63) is 58.4 Å². The Labute approximate surface area is 181 Å². The van der Waals surface area contributed by atoms with Gasteiger partial charge in [0.1, 0.15) is 10.7 Å². The molecule has 0 aliphatic heterocycles. The lowest BCUT2D eigenvalue weighted by Gasteiger charge is -2.34. The van der Waals surface area contributed by atoms with Gasteiger partial charge in [-0.15, -0.1) is 11.3 Å². The number of nitrogens with two attached hydrogens (primary N) is 1. The number of carbonyl (C=O) groups excluding carboxylic acids is 1. The van der Waals surface area contributed by atoms with Crippen LogP contribution in [0.25, 0.3) is 10.2 Å². The van der Waals surface area contributed by atoms with E-state index >= 15 is 0 Å². The summed E-state index contributed by atoms with van der Waals surface area (Å²) in [6, 6.07) is 10.8. The summed E-state index contributed by atoms with van der Waals surface area (Å²) in [5.41, 5.74) is 9.34. The highest BCUT2D eigenvalue weighted by atomic mass is 32.1. The highest BCUT2D eigenvalue weighted by molar-refractivity contribution is 7.16. The number of thiophene rings is 1. The smallest absolute Gasteiger partial charge is 0.253 e. The normalized spacial score (nSPS) is 26.0. The SMILES string of the molecule is Cc1nc(C2CC2c2ccc(C(=O)N(C)[C@H]3CCC[C@H](N)C3)cc2)c2ccsc2n1. The van der Waals surface area contributed by atoms with Gasteiger partial charge in [-0.1, -0.05) is 12.1 Å². The van der Waals surface area contributed by atoms with Crippen LogP contribution in [0.2, 0.25) is 0 Å². The van der Waals surface area contributed by atoms with Crippen LogP contribution >= 0.6 is 11.3 Å². The maximum Gasteiger partial charge on any atom is 0.253 e. The molecule has 3 aromatic rings. The second-order valence-corrected chi connectivity index (χ2v) is 9.76. The summed E-state index contributed by atoms with van der Waals surface area (Å²) in [5.74, 6) is 1.86. The van der Waals surface area contributed by atoms with Crippen molar-refractivity contribution < 1.29 is 4.79 Å². The molecule has 2 aliphatic rings. The van der Waals surface area contributed by atoms with E-state index < -0.39 is 0 Å². The van der Waals surface area contributed by atoms with E-state index in [4.69, 9.17) is 10.7 Å². The number of hydrogen-bond donors (Lipinski definition) is 1. The number of aryl methyl sites for hydroxylation is 1. The number of amides is 1. The molecule has 2 fully saturated rings. The summed E-state index contributed by atoms with van der Waals surface area (Å²) >= 11 is 1.68. The van der Waals surface area contributed by atoms with Gasteiger partial charge in [0.2, 0.25) is 0 Å². The fourth-order valence-corrected chi connectivity index (χ4v) is 5.75. The van der Waals surface area contributed by atoms with E-state index in [1.165, 1.54) is 16.6 Å². The van der Waals surface area contributed by atoms with Crippen LogP contribution in [-0.4, -0.2) is 39.9 Å². The zero-order valence-electron chi connectivity index (χ0n) is 17.5. The van der Waals surface area contributed by atoms with Crippen LogP contribution in [-0.2, 0) is 0 Å². The molecule has 1 aromatic carbocycles. The zero-order chi connectivity index (χ0) is 20.8. The summed E-state index contributed by atoms with van der Waals surface area (Å²) in [4.78, 5) is 25.2. The van der Waals surface area contributed by atoms with Gasteiger partial charge in [0.05, 0.1) is 5.69 Å². The molecule has 6 heteroatoms. The first-order valence-corrected chi connectivity index (χ1v) is 11.7. The molecule has 2 unspecified atom stereocenters. The molecule has 0 radical (unpaired) electrons. The van der Waals surface area contributed by atoms with Crippen LogP contribution in [0.3, 0.4) is 0 Å². The maximum atomic E-state index is 13.0. The Balaban J connectivity index is 1.30. The number of hydrogen-bond acceptors (Lipinski definition) is 5. The second-order valence-electron chi connectivity index (χ2n) is 8.86. The predicted molar refractivity (Wildman–Crippen MR) is 121 cm³/mol. The fourth-order valence-electron chi connectivity index (χ4n) is 4.93. The van der Waals surface area contributed by atoms with Crippen molar-refractivity contribution in [2.24, 2.45) is 5.73 Å². The van der Waals surface area contributed by atoms with Gasteiger partial charge in [-0.05, 0) is 74.1 Å². The van der Waals surface area contributed by atoms with Crippen LogP contribution in [0.4, 0.5) is 0 Å². The van der Waals surface area contributed by atoms with Crippen molar-refractivity contribution in [3.8, 4) is 0 Å². The van der Waals surface area contributed by atoms with Gasteiger partial charge in [0.25, 0.3) is 5.91 Å². The molecule has 5 nitrogen and oxygen atoms in total. The van der Waals surface area contributed by atoms with Gasteiger partial charge in [0.15, 0.2) is 0 Å². The van der Waals surface area contributed by atoms with E-state index in [0.717, 1.165) is 48.3 Å². The zero-order valence-corrected chi connectivity index (χ0v) is 18.4. The molecule has 1 amide bonds. The first-order valence-electron chi connectivity index (χ1n) is 10.9. The molecule has 0 spiro atoms. The number of benzene rings is 1. The molecule has 2 N–H and O–H groups in total. The number of aromatic nitrogens is 2. The van der Waals surface area contributed by atoms with Crippen molar-refractivity contribution in [2.75, 3.05) is 7.05 Å². The molecule has 5 rings (SSSR count). The molecule has 2 saturated carbocycles. The first kappa shape index (κ1) is 19.6. The third-order valence-corrected chi connectivity index (χ3v) is 7.56. The van der Waals surface area contributed by atoms with Crippen molar-refractivity contribution in [1.82, 2.24) is 14.9 Å². The lowest BCUT2D eigenvalue weighted by molar-refractivity contribution is 0.0688. The second kappa shape index (κ2) is 7.75. The third-order valence-electron chi connectivity index (χ3n) is 6.75. The molecule has 156 valence electrons. The fraction of sp³-hybridized carbons (Fsp3) is 0.458. The minimum atomic E-state index is 0.0967. The van der Waals surface area contributed by atoms with E-state index in [-0.39, 0.29) is 18.0 Å². The summed E-state index contributed by atoms with van der Waals surface area (Å²) in [6.45, 7) is 1.97. The number of fused-ring (bicyclic) bond motifs is 1. The summed E-state index contributed by atoms with van der Waals surface area (Å²) in [5, 5.41) is 3.28. The largest absolute Gasteiger partial charge is 0.339 e. The van der Waals surface area contributed by atoms with E-state index in [1.807, 2.05) is 31.0 Å². The number of rotatable bonds is 4. The minimum Gasteiger partial charge on any atom is -0.339 e. The Bertz CT molecular complexity index is 1080. The summed E-state index contributed by atoms with van der Waals surface area (Å²) < 4.78 is 0. The molecule has 2 aliphatic carbocycles. The maximum absolute atomic E-state index is 13.0. The van der Waals surface area contributed by atoms with E-state index in [1.54, 1.807) is 11.3 Å². The van der Waals surface area contributed by atoms with E-state index in [9.17, 15) is 4.79 Å². The molecule has 2 aromatic heterocycles. The van der Waals surface area contributed by atoms with Gasteiger partial charge in [-0.2, -0.15) is 0 Å². The molecule has 0 saturated heterocycles. The minimum absolute atomic E-state index is 0.0967. The molecular formula is C24H28N4OS.